The molecule has 0 fully saturated rings. The van der Waals surface area contributed by atoms with Crippen molar-refractivity contribution >= 4 is 21.6 Å². The molecule has 0 aliphatic rings. The third kappa shape index (κ3) is 6.63. The number of rotatable bonds is 7. The van der Waals surface area contributed by atoms with Crippen LogP contribution >= 0.6 is 0 Å². The molecule has 0 unspecified atom stereocenters. The zero-order valence-electron chi connectivity index (χ0n) is 10.5. The molecule has 0 spiro atoms. The molecule has 0 aliphatic heterocycles. The van der Waals surface area contributed by atoms with Gasteiger partial charge in [0.2, 0.25) is 10.0 Å². The molecular weight excluding hydrogens is 270 g/mol. The van der Waals surface area contributed by atoms with E-state index in [0.717, 1.165) is 6.26 Å². The molecule has 0 heterocycles. The molecule has 0 radical (unpaired) electrons. The number of benzene rings is 1. The number of sulfonamides is 1. The number of carbonyl (C=O) groups is 1. The third-order valence-electron chi connectivity index (χ3n) is 2.09. The second-order valence-electron chi connectivity index (χ2n) is 3.84. The Balaban J connectivity index is 2.24. The van der Waals surface area contributed by atoms with Crippen LogP contribution < -0.4 is 20.5 Å². The molecule has 0 saturated carbocycles. The fourth-order valence-corrected chi connectivity index (χ4v) is 1.72. The lowest BCUT2D eigenvalue weighted by molar-refractivity contribution is -0.123. The topological polar surface area (TPSA) is 111 Å². The predicted molar refractivity (Wildman–Crippen MR) is 72.2 cm³/mol. The summed E-state index contributed by atoms with van der Waals surface area (Å²) >= 11 is 0. The van der Waals surface area contributed by atoms with Gasteiger partial charge in [-0.1, -0.05) is 12.1 Å². The quantitative estimate of drug-likeness (QED) is 0.454. The summed E-state index contributed by atoms with van der Waals surface area (Å²) in [5, 5.41) is 2.51. The molecule has 0 saturated heterocycles. The number of nitrogen functional groups attached to an aromatic ring is 1. The molecule has 8 heteroatoms. The lowest BCUT2D eigenvalue weighted by atomic mass is 10.3. The zero-order valence-corrected chi connectivity index (χ0v) is 11.4. The summed E-state index contributed by atoms with van der Waals surface area (Å²) in [7, 11) is -3.23. The average Bonchev–Trinajstić information content (AvgIpc) is 2.32. The highest BCUT2D eigenvalue weighted by Gasteiger charge is 2.05. The maximum Gasteiger partial charge on any atom is 0.257 e. The predicted octanol–water partition coefficient (Wildman–Crippen LogP) is -0.687. The molecule has 19 heavy (non-hydrogen) atoms. The summed E-state index contributed by atoms with van der Waals surface area (Å²) in [5.41, 5.74) is 6.10. The maximum atomic E-state index is 11.4. The van der Waals surface area contributed by atoms with Crippen molar-refractivity contribution in [2.75, 3.05) is 31.7 Å². The van der Waals surface area contributed by atoms with Gasteiger partial charge in [0.1, 0.15) is 5.75 Å². The van der Waals surface area contributed by atoms with E-state index in [2.05, 4.69) is 10.0 Å². The van der Waals surface area contributed by atoms with E-state index >= 15 is 0 Å². The van der Waals surface area contributed by atoms with Crippen LogP contribution in [-0.4, -0.2) is 40.3 Å². The number of nitrogens with one attached hydrogen (secondary N) is 2. The summed E-state index contributed by atoms with van der Waals surface area (Å²) in [5.74, 6) is 0.0884. The third-order valence-corrected chi connectivity index (χ3v) is 2.82. The Hall–Kier alpha value is -1.80. The molecule has 7 nitrogen and oxygen atoms in total. The highest BCUT2D eigenvalue weighted by molar-refractivity contribution is 7.88. The van der Waals surface area contributed by atoms with Crippen LogP contribution in [0.5, 0.6) is 5.75 Å². The fourth-order valence-electron chi connectivity index (χ4n) is 1.24. The second kappa shape index (κ2) is 6.95. The average molecular weight is 287 g/mol. The number of anilines is 1. The number of amides is 1. The number of carbonyl (C=O) groups excluding carboxylic acids is 1. The molecule has 0 bridgehead atoms. The normalized spacial score (nSPS) is 11.0. The van der Waals surface area contributed by atoms with Crippen LogP contribution in [0, 0.1) is 0 Å². The van der Waals surface area contributed by atoms with Gasteiger partial charge in [-0.15, -0.1) is 0 Å². The molecule has 0 aliphatic carbocycles. The van der Waals surface area contributed by atoms with Gasteiger partial charge in [-0.05, 0) is 12.1 Å². The maximum absolute atomic E-state index is 11.4. The molecule has 1 amide bonds. The van der Waals surface area contributed by atoms with Crippen LogP contribution in [0.25, 0.3) is 0 Å². The van der Waals surface area contributed by atoms with E-state index in [1.807, 2.05) is 0 Å². The summed E-state index contributed by atoms with van der Waals surface area (Å²) in [6, 6.07) is 6.84. The Morgan fingerprint density at radius 1 is 1.32 bits per heavy atom. The van der Waals surface area contributed by atoms with Gasteiger partial charge >= 0.3 is 0 Å². The highest BCUT2D eigenvalue weighted by Crippen LogP contribution is 2.19. The first kappa shape index (κ1) is 15.3. The fraction of sp³-hybridized carbons (Fsp3) is 0.364. The number of hydrogen-bond donors (Lipinski definition) is 3. The Kier molecular flexibility index (Phi) is 5.58. The number of ether oxygens (including phenoxy) is 1. The van der Waals surface area contributed by atoms with E-state index in [4.69, 9.17) is 10.5 Å². The van der Waals surface area contributed by atoms with E-state index in [9.17, 15) is 13.2 Å². The minimum atomic E-state index is -3.23. The lowest BCUT2D eigenvalue weighted by Crippen LogP contribution is -2.36. The van der Waals surface area contributed by atoms with Crippen LogP contribution in [0.2, 0.25) is 0 Å². The molecule has 1 aromatic carbocycles. The number of hydrogen-bond acceptors (Lipinski definition) is 5. The molecule has 1 rings (SSSR count). The highest BCUT2D eigenvalue weighted by atomic mass is 32.2. The second-order valence-corrected chi connectivity index (χ2v) is 5.68. The molecule has 4 N–H and O–H groups in total. The van der Waals surface area contributed by atoms with Gasteiger partial charge in [0, 0.05) is 13.1 Å². The molecule has 106 valence electrons. The standard InChI is InChI=1S/C11H17N3O4S/c1-19(16,17)14-7-6-13-11(15)8-18-10-5-3-2-4-9(10)12/h2-5,14H,6-8,12H2,1H3,(H,13,15). The smallest absolute Gasteiger partial charge is 0.257 e. The summed E-state index contributed by atoms with van der Waals surface area (Å²) in [6.07, 6.45) is 1.05. The number of nitrogens with two attached hydrogens (primary N) is 1. The summed E-state index contributed by atoms with van der Waals surface area (Å²) in [4.78, 5) is 11.4. The van der Waals surface area contributed by atoms with Crippen LogP contribution in [0.4, 0.5) is 5.69 Å². The van der Waals surface area contributed by atoms with Crippen LogP contribution in [0.15, 0.2) is 24.3 Å². The molecule has 0 atom stereocenters. The molecule has 1 aromatic rings. The minimum absolute atomic E-state index is 0.137. The van der Waals surface area contributed by atoms with Crippen molar-refractivity contribution < 1.29 is 17.9 Å². The van der Waals surface area contributed by atoms with Crippen molar-refractivity contribution in [3.8, 4) is 5.75 Å². The minimum Gasteiger partial charge on any atom is -0.482 e. The van der Waals surface area contributed by atoms with E-state index < -0.39 is 10.0 Å². The Bertz CT molecular complexity index is 530. The van der Waals surface area contributed by atoms with Crippen molar-refractivity contribution in [2.45, 2.75) is 0 Å². The lowest BCUT2D eigenvalue weighted by Gasteiger charge is -2.09. The van der Waals surface area contributed by atoms with Gasteiger partial charge in [-0.2, -0.15) is 0 Å². The van der Waals surface area contributed by atoms with Crippen molar-refractivity contribution in [3.05, 3.63) is 24.3 Å². The zero-order chi connectivity index (χ0) is 14.3. The van der Waals surface area contributed by atoms with E-state index in [1.54, 1.807) is 24.3 Å². The van der Waals surface area contributed by atoms with Crippen molar-refractivity contribution in [3.63, 3.8) is 0 Å². The van der Waals surface area contributed by atoms with E-state index in [0.29, 0.717) is 11.4 Å². The van der Waals surface area contributed by atoms with E-state index in [-0.39, 0.29) is 25.6 Å². The van der Waals surface area contributed by atoms with Crippen LogP contribution in [-0.2, 0) is 14.8 Å². The van der Waals surface area contributed by atoms with Crippen LogP contribution in [0.3, 0.4) is 0 Å². The number of para-hydroxylation sites is 2. The Morgan fingerprint density at radius 3 is 2.63 bits per heavy atom. The summed E-state index contributed by atoms with van der Waals surface area (Å²) in [6.45, 7) is 0.157. The summed E-state index contributed by atoms with van der Waals surface area (Å²) < 4.78 is 29.0. The van der Waals surface area contributed by atoms with Crippen molar-refractivity contribution in [2.24, 2.45) is 0 Å². The van der Waals surface area contributed by atoms with Gasteiger partial charge in [-0.3, -0.25) is 4.79 Å². The van der Waals surface area contributed by atoms with Crippen molar-refractivity contribution in [1.82, 2.24) is 10.0 Å². The molecule has 0 aromatic heterocycles. The Labute approximate surface area is 112 Å². The monoisotopic (exact) mass is 287 g/mol. The largest absolute Gasteiger partial charge is 0.482 e. The van der Waals surface area contributed by atoms with Crippen molar-refractivity contribution in [1.29, 1.82) is 0 Å². The first-order valence-electron chi connectivity index (χ1n) is 5.57. The molecular formula is C11H17N3O4S. The SMILES string of the molecule is CS(=O)(=O)NCCNC(=O)COc1ccccc1N. The van der Waals surface area contributed by atoms with Gasteiger partial charge < -0.3 is 15.8 Å². The van der Waals surface area contributed by atoms with Gasteiger partial charge in [0.25, 0.3) is 5.91 Å². The van der Waals surface area contributed by atoms with Gasteiger partial charge in [-0.25, -0.2) is 13.1 Å². The Morgan fingerprint density at radius 2 is 2.00 bits per heavy atom. The first-order valence-corrected chi connectivity index (χ1v) is 7.46. The van der Waals surface area contributed by atoms with Gasteiger partial charge in [0.05, 0.1) is 11.9 Å². The van der Waals surface area contributed by atoms with Crippen LogP contribution in [0.1, 0.15) is 0 Å². The van der Waals surface area contributed by atoms with Gasteiger partial charge in [0.15, 0.2) is 6.61 Å². The first-order chi connectivity index (χ1) is 8.88. The van der Waals surface area contributed by atoms with E-state index in [1.165, 1.54) is 0 Å².